The number of alkyl halides is 1. The monoisotopic (exact) mass is 254 g/mol. The fourth-order valence-corrected chi connectivity index (χ4v) is 2.01. The molecule has 0 atom stereocenters. The molecular weight excluding hydrogens is 240 g/mol. The molecule has 0 saturated carbocycles. The second-order valence-electron chi connectivity index (χ2n) is 4.44. The summed E-state index contributed by atoms with van der Waals surface area (Å²) in [6.45, 7) is 5.34. The van der Waals surface area contributed by atoms with E-state index in [9.17, 15) is 0 Å². The maximum Gasteiger partial charge on any atom is 0.122 e. The molecule has 1 aromatic carbocycles. The first-order valence-electron chi connectivity index (χ1n) is 4.96. The number of fused-ring (bicyclic) bond motifs is 1. The Bertz CT molecular complexity index is 344. The van der Waals surface area contributed by atoms with Crippen LogP contribution in [0.25, 0.3) is 0 Å². The van der Waals surface area contributed by atoms with Crippen molar-refractivity contribution in [3.05, 3.63) is 29.3 Å². The molecule has 1 aliphatic heterocycles. The number of hydrogen-bond donors (Lipinski definition) is 0. The summed E-state index contributed by atoms with van der Waals surface area (Å²) in [5.74, 6) is 1.07. The SMILES string of the molecule is CC(C)(CBr)c1ccc2c(c1)CCO2. The number of benzene rings is 1. The van der Waals surface area contributed by atoms with E-state index in [1.807, 2.05) is 0 Å². The molecule has 1 aliphatic rings. The van der Waals surface area contributed by atoms with Crippen molar-refractivity contribution >= 4 is 15.9 Å². The maximum atomic E-state index is 5.49. The Kier molecular flexibility index (Phi) is 2.56. The van der Waals surface area contributed by atoms with Crippen LogP contribution >= 0.6 is 15.9 Å². The molecule has 0 bridgehead atoms. The number of rotatable bonds is 2. The van der Waals surface area contributed by atoms with Crippen molar-refractivity contribution < 1.29 is 4.74 Å². The van der Waals surface area contributed by atoms with Crippen molar-refractivity contribution in [3.63, 3.8) is 0 Å². The van der Waals surface area contributed by atoms with E-state index in [0.717, 1.165) is 24.1 Å². The summed E-state index contributed by atoms with van der Waals surface area (Å²) in [7, 11) is 0. The van der Waals surface area contributed by atoms with Crippen molar-refractivity contribution in [3.8, 4) is 5.75 Å². The zero-order chi connectivity index (χ0) is 10.2. The molecule has 0 spiro atoms. The van der Waals surface area contributed by atoms with Gasteiger partial charge in [-0.1, -0.05) is 41.9 Å². The van der Waals surface area contributed by atoms with Crippen LogP contribution in [0.3, 0.4) is 0 Å². The van der Waals surface area contributed by atoms with Gasteiger partial charge >= 0.3 is 0 Å². The summed E-state index contributed by atoms with van der Waals surface area (Å²) in [5, 5.41) is 0.986. The van der Waals surface area contributed by atoms with Crippen LogP contribution in [0.1, 0.15) is 25.0 Å². The Morgan fingerprint density at radius 2 is 2.21 bits per heavy atom. The standard InChI is InChI=1S/C12H15BrO/c1-12(2,8-13)10-3-4-11-9(7-10)5-6-14-11/h3-4,7H,5-6,8H2,1-2H3. The topological polar surface area (TPSA) is 9.23 Å². The van der Waals surface area contributed by atoms with E-state index in [0.29, 0.717) is 0 Å². The first-order valence-corrected chi connectivity index (χ1v) is 6.08. The van der Waals surface area contributed by atoms with Gasteiger partial charge < -0.3 is 4.74 Å². The minimum atomic E-state index is 0.206. The molecule has 0 radical (unpaired) electrons. The third-order valence-corrected chi connectivity index (χ3v) is 4.21. The van der Waals surface area contributed by atoms with Gasteiger partial charge in [0.1, 0.15) is 5.75 Å². The van der Waals surface area contributed by atoms with Gasteiger partial charge in [-0.2, -0.15) is 0 Å². The lowest BCUT2D eigenvalue weighted by molar-refractivity contribution is 0.356. The molecule has 0 aromatic heterocycles. The van der Waals surface area contributed by atoms with E-state index in [4.69, 9.17) is 4.74 Å². The van der Waals surface area contributed by atoms with E-state index in [1.165, 1.54) is 11.1 Å². The van der Waals surface area contributed by atoms with Crippen molar-refractivity contribution in [2.45, 2.75) is 25.7 Å². The highest BCUT2D eigenvalue weighted by atomic mass is 79.9. The van der Waals surface area contributed by atoms with Gasteiger partial charge in [-0.25, -0.2) is 0 Å². The second-order valence-corrected chi connectivity index (χ2v) is 5.00. The smallest absolute Gasteiger partial charge is 0.122 e. The molecule has 0 unspecified atom stereocenters. The highest BCUT2D eigenvalue weighted by Gasteiger charge is 2.21. The molecule has 0 N–H and O–H groups in total. The van der Waals surface area contributed by atoms with Gasteiger partial charge in [0.15, 0.2) is 0 Å². The summed E-state index contributed by atoms with van der Waals surface area (Å²) < 4.78 is 5.49. The van der Waals surface area contributed by atoms with Gasteiger partial charge in [-0.3, -0.25) is 0 Å². The highest BCUT2D eigenvalue weighted by Crippen LogP contribution is 2.32. The second kappa shape index (κ2) is 3.58. The Balaban J connectivity index is 2.38. The Labute approximate surface area is 93.6 Å². The van der Waals surface area contributed by atoms with E-state index in [1.54, 1.807) is 0 Å². The van der Waals surface area contributed by atoms with E-state index < -0.39 is 0 Å². The van der Waals surface area contributed by atoms with Crippen LogP contribution in [0.15, 0.2) is 18.2 Å². The third-order valence-electron chi connectivity index (χ3n) is 2.81. The molecule has 76 valence electrons. The van der Waals surface area contributed by atoms with E-state index in [2.05, 4.69) is 48.0 Å². The Morgan fingerprint density at radius 1 is 1.43 bits per heavy atom. The molecular formula is C12H15BrO. The van der Waals surface area contributed by atoms with Crippen LogP contribution in [-0.4, -0.2) is 11.9 Å². The summed E-state index contributed by atoms with van der Waals surface area (Å²) in [6, 6.07) is 6.55. The third kappa shape index (κ3) is 1.68. The number of halogens is 1. The molecule has 0 aliphatic carbocycles. The van der Waals surface area contributed by atoms with Crippen LogP contribution in [-0.2, 0) is 11.8 Å². The lowest BCUT2D eigenvalue weighted by atomic mass is 9.86. The normalized spacial score (nSPS) is 15.1. The number of ether oxygens (including phenoxy) is 1. The maximum absolute atomic E-state index is 5.49. The summed E-state index contributed by atoms with van der Waals surface area (Å²) >= 11 is 3.56. The zero-order valence-electron chi connectivity index (χ0n) is 8.64. The molecule has 2 rings (SSSR count). The van der Waals surface area contributed by atoms with Gasteiger partial charge in [-0.05, 0) is 22.6 Å². The van der Waals surface area contributed by atoms with E-state index >= 15 is 0 Å². The lowest BCUT2D eigenvalue weighted by Crippen LogP contribution is -2.18. The van der Waals surface area contributed by atoms with Crippen LogP contribution < -0.4 is 4.74 Å². The summed E-state index contributed by atoms with van der Waals surface area (Å²) in [4.78, 5) is 0. The zero-order valence-corrected chi connectivity index (χ0v) is 10.2. The van der Waals surface area contributed by atoms with Gasteiger partial charge in [0.2, 0.25) is 0 Å². The van der Waals surface area contributed by atoms with Crippen molar-refractivity contribution in [1.82, 2.24) is 0 Å². The van der Waals surface area contributed by atoms with E-state index in [-0.39, 0.29) is 5.41 Å². The molecule has 1 aromatic rings. The van der Waals surface area contributed by atoms with Crippen molar-refractivity contribution in [1.29, 1.82) is 0 Å². The average molecular weight is 255 g/mol. The van der Waals surface area contributed by atoms with Crippen LogP contribution in [0.2, 0.25) is 0 Å². The minimum absolute atomic E-state index is 0.206. The molecule has 14 heavy (non-hydrogen) atoms. The van der Waals surface area contributed by atoms with Gasteiger partial charge in [0.25, 0.3) is 0 Å². The first kappa shape index (κ1) is 10.0. The molecule has 1 heterocycles. The Hall–Kier alpha value is -0.500. The number of hydrogen-bond acceptors (Lipinski definition) is 1. The summed E-state index contributed by atoms with van der Waals surface area (Å²) in [5.41, 5.74) is 2.95. The molecule has 0 fully saturated rings. The van der Waals surface area contributed by atoms with Crippen molar-refractivity contribution in [2.75, 3.05) is 11.9 Å². The van der Waals surface area contributed by atoms with Gasteiger partial charge in [0, 0.05) is 11.8 Å². The molecule has 2 heteroatoms. The minimum Gasteiger partial charge on any atom is -0.493 e. The largest absolute Gasteiger partial charge is 0.493 e. The van der Waals surface area contributed by atoms with Crippen LogP contribution in [0, 0.1) is 0 Å². The lowest BCUT2D eigenvalue weighted by Gasteiger charge is -2.22. The van der Waals surface area contributed by atoms with Crippen molar-refractivity contribution in [2.24, 2.45) is 0 Å². The highest BCUT2D eigenvalue weighted by molar-refractivity contribution is 9.09. The summed E-state index contributed by atoms with van der Waals surface area (Å²) in [6.07, 6.45) is 1.06. The molecule has 1 nitrogen and oxygen atoms in total. The fraction of sp³-hybridized carbons (Fsp3) is 0.500. The molecule has 0 saturated heterocycles. The quantitative estimate of drug-likeness (QED) is 0.737. The fourth-order valence-electron chi connectivity index (χ4n) is 1.68. The molecule has 0 amide bonds. The predicted molar refractivity (Wildman–Crippen MR) is 62.5 cm³/mol. The predicted octanol–water partition coefficient (Wildman–Crippen LogP) is 3.29. The van der Waals surface area contributed by atoms with Gasteiger partial charge in [0.05, 0.1) is 6.61 Å². The van der Waals surface area contributed by atoms with Gasteiger partial charge in [-0.15, -0.1) is 0 Å². The van der Waals surface area contributed by atoms with Crippen LogP contribution in [0.4, 0.5) is 0 Å². The van der Waals surface area contributed by atoms with Crippen LogP contribution in [0.5, 0.6) is 5.75 Å². The first-order chi connectivity index (χ1) is 6.63. The average Bonchev–Trinajstić information content (AvgIpc) is 2.64. The Morgan fingerprint density at radius 3 is 2.93 bits per heavy atom.